The standard InChI is InChI=1S/C12H13N5OS3/c1-3-7-6(2)4-8(20-7)10-15-14-9(18-10)5-19-12-17-16-11(13)21-12/h4H,3,5H2,1-2H3,(H2,13,16). The van der Waals surface area contributed by atoms with Gasteiger partial charge in [-0.1, -0.05) is 30.0 Å². The molecular formula is C12H13N5OS3. The van der Waals surface area contributed by atoms with Gasteiger partial charge in [0, 0.05) is 4.88 Å². The van der Waals surface area contributed by atoms with Gasteiger partial charge < -0.3 is 10.2 Å². The van der Waals surface area contributed by atoms with E-state index in [1.54, 1.807) is 11.3 Å². The Balaban J connectivity index is 1.70. The molecule has 0 aliphatic rings. The summed E-state index contributed by atoms with van der Waals surface area (Å²) in [6, 6.07) is 2.10. The zero-order valence-electron chi connectivity index (χ0n) is 11.5. The second-order valence-corrected chi connectivity index (χ2v) is 7.63. The molecule has 0 atom stereocenters. The van der Waals surface area contributed by atoms with Gasteiger partial charge in [-0.2, -0.15) is 0 Å². The van der Waals surface area contributed by atoms with E-state index in [-0.39, 0.29) is 0 Å². The van der Waals surface area contributed by atoms with E-state index in [0.29, 0.717) is 22.7 Å². The van der Waals surface area contributed by atoms with E-state index in [9.17, 15) is 0 Å². The summed E-state index contributed by atoms with van der Waals surface area (Å²) in [7, 11) is 0. The lowest BCUT2D eigenvalue weighted by molar-refractivity contribution is 0.529. The van der Waals surface area contributed by atoms with Crippen molar-refractivity contribution in [3.8, 4) is 10.8 Å². The third-order valence-electron chi connectivity index (χ3n) is 2.76. The summed E-state index contributed by atoms with van der Waals surface area (Å²) >= 11 is 4.54. The molecule has 0 aliphatic heterocycles. The largest absolute Gasteiger partial charge is 0.419 e. The highest BCUT2D eigenvalue weighted by molar-refractivity contribution is 8.00. The van der Waals surface area contributed by atoms with Crippen molar-refractivity contribution in [2.75, 3.05) is 5.73 Å². The Hall–Kier alpha value is -1.45. The lowest BCUT2D eigenvalue weighted by atomic mass is 10.2. The summed E-state index contributed by atoms with van der Waals surface area (Å²) in [4.78, 5) is 2.37. The molecule has 3 aromatic heterocycles. The van der Waals surface area contributed by atoms with Crippen LogP contribution in [0.15, 0.2) is 14.8 Å². The smallest absolute Gasteiger partial charge is 0.257 e. The van der Waals surface area contributed by atoms with Crippen molar-refractivity contribution in [2.45, 2.75) is 30.4 Å². The molecular weight excluding hydrogens is 326 g/mol. The van der Waals surface area contributed by atoms with Gasteiger partial charge in [-0.15, -0.1) is 31.7 Å². The highest BCUT2D eigenvalue weighted by Crippen LogP contribution is 2.32. The van der Waals surface area contributed by atoms with Crippen LogP contribution in [-0.2, 0) is 12.2 Å². The normalized spacial score (nSPS) is 11.1. The number of aryl methyl sites for hydroxylation is 2. The number of rotatable bonds is 5. The maximum absolute atomic E-state index is 5.70. The fourth-order valence-electron chi connectivity index (χ4n) is 1.79. The van der Waals surface area contributed by atoms with Crippen LogP contribution in [0, 0.1) is 6.92 Å². The number of nitrogen functional groups attached to an aromatic ring is 1. The molecule has 0 radical (unpaired) electrons. The summed E-state index contributed by atoms with van der Waals surface area (Å²) in [5.41, 5.74) is 6.81. The second-order valence-electron chi connectivity index (χ2n) is 4.27. The Morgan fingerprint density at radius 1 is 1.24 bits per heavy atom. The van der Waals surface area contributed by atoms with Crippen molar-refractivity contribution in [2.24, 2.45) is 0 Å². The van der Waals surface area contributed by atoms with Crippen molar-refractivity contribution < 1.29 is 4.42 Å². The molecule has 9 heteroatoms. The summed E-state index contributed by atoms with van der Waals surface area (Å²) in [5, 5.41) is 16.4. The minimum atomic E-state index is 0.463. The predicted octanol–water partition coefficient (Wildman–Crippen LogP) is 3.39. The van der Waals surface area contributed by atoms with E-state index < -0.39 is 0 Å². The Morgan fingerprint density at radius 3 is 2.76 bits per heavy atom. The number of thiophene rings is 1. The Kier molecular flexibility index (Phi) is 4.22. The van der Waals surface area contributed by atoms with Crippen LogP contribution in [0.1, 0.15) is 23.3 Å². The SMILES string of the molecule is CCc1sc(-c2nnc(CSc3nnc(N)s3)o2)cc1C. The summed E-state index contributed by atoms with van der Waals surface area (Å²) in [5.74, 6) is 1.72. The molecule has 6 nitrogen and oxygen atoms in total. The number of nitrogens with zero attached hydrogens (tertiary/aromatic N) is 4. The maximum Gasteiger partial charge on any atom is 0.257 e. The van der Waals surface area contributed by atoms with Crippen molar-refractivity contribution in [3.05, 3.63) is 22.4 Å². The van der Waals surface area contributed by atoms with Gasteiger partial charge in [0.2, 0.25) is 11.0 Å². The van der Waals surface area contributed by atoms with Crippen molar-refractivity contribution in [1.82, 2.24) is 20.4 Å². The molecule has 110 valence electrons. The molecule has 0 bridgehead atoms. The van der Waals surface area contributed by atoms with E-state index in [0.717, 1.165) is 15.6 Å². The number of anilines is 1. The molecule has 21 heavy (non-hydrogen) atoms. The van der Waals surface area contributed by atoms with Gasteiger partial charge >= 0.3 is 0 Å². The van der Waals surface area contributed by atoms with Gasteiger partial charge in [-0.25, -0.2) is 0 Å². The van der Waals surface area contributed by atoms with Crippen LogP contribution in [0.3, 0.4) is 0 Å². The fourth-order valence-corrected chi connectivity index (χ4v) is 4.30. The van der Waals surface area contributed by atoms with Crippen molar-refractivity contribution >= 4 is 39.6 Å². The highest BCUT2D eigenvalue weighted by atomic mass is 32.2. The van der Waals surface area contributed by atoms with Gasteiger partial charge in [-0.3, -0.25) is 0 Å². The van der Waals surface area contributed by atoms with Crippen LogP contribution in [0.25, 0.3) is 10.8 Å². The van der Waals surface area contributed by atoms with Crippen LogP contribution in [0.4, 0.5) is 5.13 Å². The molecule has 0 unspecified atom stereocenters. The monoisotopic (exact) mass is 339 g/mol. The van der Waals surface area contributed by atoms with Gasteiger partial charge in [0.05, 0.1) is 10.6 Å². The number of hydrogen-bond acceptors (Lipinski definition) is 9. The van der Waals surface area contributed by atoms with Gasteiger partial charge in [-0.05, 0) is 25.0 Å². The zero-order chi connectivity index (χ0) is 14.8. The van der Waals surface area contributed by atoms with Crippen LogP contribution in [0.5, 0.6) is 0 Å². The molecule has 3 aromatic rings. The summed E-state index contributed by atoms with van der Waals surface area (Å²) in [6.07, 6.45) is 1.02. The van der Waals surface area contributed by atoms with E-state index in [4.69, 9.17) is 10.2 Å². The van der Waals surface area contributed by atoms with Crippen LogP contribution in [0.2, 0.25) is 0 Å². The van der Waals surface area contributed by atoms with Gasteiger partial charge in [0.25, 0.3) is 5.89 Å². The molecule has 0 amide bonds. The minimum Gasteiger partial charge on any atom is -0.419 e. The molecule has 3 rings (SSSR count). The van der Waals surface area contributed by atoms with Gasteiger partial charge in [0.15, 0.2) is 4.34 Å². The molecule has 0 fully saturated rings. The molecule has 0 aromatic carbocycles. The van der Waals surface area contributed by atoms with Crippen molar-refractivity contribution in [3.63, 3.8) is 0 Å². The lowest BCUT2D eigenvalue weighted by Gasteiger charge is -1.90. The lowest BCUT2D eigenvalue weighted by Crippen LogP contribution is -1.80. The van der Waals surface area contributed by atoms with Crippen LogP contribution >= 0.6 is 34.4 Å². The Bertz CT molecular complexity index is 748. The molecule has 0 aliphatic carbocycles. The maximum atomic E-state index is 5.70. The van der Waals surface area contributed by atoms with Crippen LogP contribution < -0.4 is 5.73 Å². The highest BCUT2D eigenvalue weighted by Gasteiger charge is 2.13. The quantitative estimate of drug-likeness (QED) is 0.712. The first-order valence-corrected chi connectivity index (χ1v) is 8.91. The summed E-state index contributed by atoms with van der Waals surface area (Å²) in [6.45, 7) is 4.25. The summed E-state index contributed by atoms with van der Waals surface area (Å²) < 4.78 is 6.50. The first-order valence-electron chi connectivity index (χ1n) is 6.29. The van der Waals surface area contributed by atoms with E-state index in [1.807, 2.05) is 0 Å². The first-order chi connectivity index (χ1) is 10.2. The average molecular weight is 339 g/mol. The van der Waals surface area contributed by atoms with E-state index in [2.05, 4.69) is 40.3 Å². The third kappa shape index (κ3) is 3.25. The van der Waals surface area contributed by atoms with Crippen LogP contribution in [-0.4, -0.2) is 20.4 Å². The Morgan fingerprint density at radius 2 is 2.10 bits per heavy atom. The van der Waals surface area contributed by atoms with E-state index >= 15 is 0 Å². The molecule has 0 saturated carbocycles. The number of hydrogen-bond donors (Lipinski definition) is 1. The second kappa shape index (κ2) is 6.12. The number of aromatic nitrogens is 4. The molecule has 3 heterocycles. The predicted molar refractivity (Wildman–Crippen MR) is 85.6 cm³/mol. The Labute approximate surface area is 133 Å². The third-order valence-corrected chi connectivity index (χ3v) is 6.00. The number of thioether (sulfide) groups is 1. The molecule has 0 saturated heterocycles. The zero-order valence-corrected chi connectivity index (χ0v) is 13.9. The van der Waals surface area contributed by atoms with E-state index in [1.165, 1.54) is 33.5 Å². The van der Waals surface area contributed by atoms with Crippen molar-refractivity contribution in [1.29, 1.82) is 0 Å². The minimum absolute atomic E-state index is 0.463. The topological polar surface area (TPSA) is 90.7 Å². The molecule has 2 N–H and O–H groups in total. The average Bonchev–Trinajstić information content (AvgIpc) is 3.16. The van der Waals surface area contributed by atoms with Gasteiger partial charge in [0.1, 0.15) is 0 Å². The number of nitrogens with two attached hydrogens (primary N) is 1. The fraction of sp³-hybridized carbons (Fsp3) is 0.333. The molecule has 0 spiro atoms. The first kappa shape index (κ1) is 14.5.